The number of likely N-dealkylation sites (N-methyl/N-ethyl adjacent to an activating group) is 1. The van der Waals surface area contributed by atoms with E-state index in [1.165, 1.54) is 11.1 Å². The molecule has 1 aliphatic heterocycles. The highest BCUT2D eigenvalue weighted by Gasteiger charge is 2.18. The zero-order chi connectivity index (χ0) is 17.8. The number of nitrogens with zero attached hydrogens (tertiary/aromatic N) is 1. The number of fused-ring (bicyclic) bond motifs is 1. The molecule has 2 aromatic carbocycles. The van der Waals surface area contributed by atoms with Crippen LogP contribution >= 0.6 is 24.8 Å². The van der Waals surface area contributed by atoms with Crippen LogP contribution in [0.15, 0.2) is 42.5 Å². The average Bonchev–Trinajstić information content (AvgIpc) is 3.09. The smallest absolute Gasteiger partial charge is 0.251 e. The molecule has 0 saturated heterocycles. The summed E-state index contributed by atoms with van der Waals surface area (Å²) in [6.45, 7) is 2.25. The van der Waals surface area contributed by atoms with Crippen LogP contribution in [0, 0.1) is 0 Å². The maximum atomic E-state index is 12.6. The monoisotopic (exact) mass is 411 g/mol. The predicted molar refractivity (Wildman–Crippen MR) is 113 cm³/mol. The van der Waals surface area contributed by atoms with Crippen molar-refractivity contribution in [1.82, 2.24) is 15.5 Å². The van der Waals surface area contributed by atoms with Gasteiger partial charge in [0, 0.05) is 25.2 Å². The van der Waals surface area contributed by atoms with Crippen molar-refractivity contribution < 1.29 is 9.53 Å². The van der Waals surface area contributed by atoms with Gasteiger partial charge in [-0.3, -0.25) is 4.79 Å². The molecule has 7 heteroatoms. The van der Waals surface area contributed by atoms with Crippen molar-refractivity contribution in [3.05, 3.63) is 64.7 Å². The van der Waals surface area contributed by atoms with E-state index in [0.29, 0.717) is 12.1 Å². The summed E-state index contributed by atoms with van der Waals surface area (Å²) < 4.78 is 5.31. The van der Waals surface area contributed by atoms with Gasteiger partial charge in [-0.1, -0.05) is 18.2 Å². The zero-order valence-electron chi connectivity index (χ0n) is 15.8. The molecule has 0 fully saturated rings. The minimum Gasteiger partial charge on any atom is -0.497 e. The fraction of sp³-hybridized carbons (Fsp3) is 0.350. The second kappa shape index (κ2) is 10.5. The Morgan fingerprint density at radius 1 is 1.15 bits per heavy atom. The van der Waals surface area contributed by atoms with Crippen molar-refractivity contribution in [1.29, 1.82) is 0 Å². The normalized spacial score (nSPS) is 13.2. The van der Waals surface area contributed by atoms with Gasteiger partial charge >= 0.3 is 0 Å². The number of methoxy groups -OCH3 is 1. The van der Waals surface area contributed by atoms with E-state index in [-0.39, 0.29) is 36.8 Å². The maximum absolute atomic E-state index is 12.6. The van der Waals surface area contributed by atoms with E-state index >= 15 is 0 Å². The highest BCUT2D eigenvalue weighted by atomic mass is 35.5. The lowest BCUT2D eigenvalue weighted by molar-refractivity contribution is 0.0942. The summed E-state index contributed by atoms with van der Waals surface area (Å²) in [4.78, 5) is 14.7. The van der Waals surface area contributed by atoms with Crippen molar-refractivity contribution in [2.75, 3.05) is 27.7 Å². The number of ether oxygens (including phenoxy) is 1. The van der Waals surface area contributed by atoms with Crippen LogP contribution < -0.4 is 15.4 Å². The van der Waals surface area contributed by atoms with E-state index in [4.69, 9.17) is 4.74 Å². The number of nitrogens with one attached hydrogen (secondary N) is 2. The molecule has 3 rings (SSSR count). The standard InChI is InChI=1S/C20H25N3O2.2ClH/c1-23(2)19(14-5-4-6-18(10-14)25-3)13-22-20(24)15-7-8-16-11-21-12-17(16)9-15;;/h4-10,19,21H,11-13H2,1-3H3,(H,22,24);2*1H. The lowest BCUT2D eigenvalue weighted by Gasteiger charge is -2.25. The summed E-state index contributed by atoms with van der Waals surface area (Å²) in [5, 5.41) is 6.37. The Bertz CT molecular complexity index is 769. The Morgan fingerprint density at radius 2 is 1.89 bits per heavy atom. The molecule has 1 unspecified atom stereocenters. The number of hydrogen-bond acceptors (Lipinski definition) is 4. The molecular formula is C20H27Cl2N3O2. The van der Waals surface area contributed by atoms with E-state index in [1.54, 1.807) is 7.11 Å². The van der Waals surface area contributed by atoms with E-state index < -0.39 is 0 Å². The van der Waals surface area contributed by atoms with Crippen LogP contribution in [0.5, 0.6) is 5.75 Å². The molecular weight excluding hydrogens is 385 g/mol. The molecule has 1 atom stereocenters. The summed E-state index contributed by atoms with van der Waals surface area (Å²) in [5.74, 6) is 0.784. The second-order valence-corrected chi connectivity index (χ2v) is 6.55. The van der Waals surface area contributed by atoms with Gasteiger partial charge in [0.2, 0.25) is 0 Å². The van der Waals surface area contributed by atoms with Gasteiger partial charge in [-0.15, -0.1) is 24.8 Å². The summed E-state index contributed by atoms with van der Waals surface area (Å²) in [7, 11) is 5.68. The molecule has 2 aromatic rings. The lowest BCUT2D eigenvalue weighted by atomic mass is 10.0. The quantitative estimate of drug-likeness (QED) is 0.766. The third kappa shape index (κ3) is 5.59. The average molecular weight is 412 g/mol. The highest BCUT2D eigenvalue weighted by Crippen LogP contribution is 2.22. The van der Waals surface area contributed by atoms with Crippen LogP contribution in [-0.4, -0.2) is 38.6 Å². The zero-order valence-corrected chi connectivity index (χ0v) is 17.5. The Balaban J connectivity index is 0.00000182. The third-order valence-corrected chi connectivity index (χ3v) is 4.66. The number of halogens is 2. The molecule has 1 amide bonds. The summed E-state index contributed by atoms with van der Waals surface area (Å²) in [6, 6.07) is 14.0. The fourth-order valence-corrected chi connectivity index (χ4v) is 3.17. The van der Waals surface area contributed by atoms with E-state index in [1.807, 2.05) is 50.5 Å². The van der Waals surface area contributed by atoms with Gasteiger partial charge in [0.05, 0.1) is 13.2 Å². The highest BCUT2D eigenvalue weighted by molar-refractivity contribution is 5.94. The molecule has 1 aliphatic rings. The number of benzene rings is 2. The van der Waals surface area contributed by atoms with Crippen LogP contribution in [0.4, 0.5) is 0 Å². The van der Waals surface area contributed by atoms with Gasteiger partial charge < -0.3 is 20.3 Å². The maximum Gasteiger partial charge on any atom is 0.251 e. The van der Waals surface area contributed by atoms with Gasteiger partial charge in [0.1, 0.15) is 5.75 Å². The van der Waals surface area contributed by atoms with Gasteiger partial charge in [-0.2, -0.15) is 0 Å². The van der Waals surface area contributed by atoms with Crippen molar-refractivity contribution in [3.63, 3.8) is 0 Å². The van der Waals surface area contributed by atoms with Gasteiger partial charge in [0.25, 0.3) is 5.91 Å². The number of carbonyl (C=O) groups excluding carboxylic acids is 1. The number of carbonyl (C=O) groups is 1. The molecule has 0 radical (unpaired) electrons. The minimum atomic E-state index is -0.0375. The molecule has 0 bridgehead atoms. The number of rotatable bonds is 6. The first-order chi connectivity index (χ1) is 12.1. The van der Waals surface area contributed by atoms with Crippen LogP contribution in [0.2, 0.25) is 0 Å². The predicted octanol–water partition coefficient (Wildman–Crippen LogP) is 3.17. The van der Waals surface area contributed by atoms with Gasteiger partial charge in [-0.05, 0) is 55.1 Å². The van der Waals surface area contributed by atoms with E-state index in [0.717, 1.165) is 24.4 Å². The first-order valence-electron chi connectivity index (χ1n) is 8.49. The Kier molecular flexibility index (Phi) is 9.06. The summed E-state index contributed by atoms with van der Waals surface area (Å²) >= 11 is 0. The van der Waals surface area contributed by atoms with Crippen molar-refractivity contribution in [3.8, 4) is 5.75 Å². The molecule has 1 heterocycles. The summed E-state index contributed by atoms with van der Waals surface area (Å²) in [5.41, 5.74) is 4.32. The fourth-order valence-electron chi connectivity index (χ4n) is 3.17. The second-order valence-electron chi connectivity index (χ2n) is 6.55. The Labute approximate surface area is 173 Å². The molecule has 5 nitrogen and oxygen atoms in total. The lowest BCUT2D eigenvalue weighted by Crippen LogP contribution is -2.34. The SMILES string of the molecule is COc1cccc(C(CNC(=O)c2ccc3c(c2)CNC3)N(C)C)c1.Cl.Cl. The molecule has 2 N–H and O–H groups in total. The topological polar surface area (TPSA) is 53.6 Å². The molecule has 0 aromatic heterocycles. The largest absolute Gasteiger partial charge is 0.497 e. The summed E-state index contributed by atoms with van der Waals surface area (Å²) in [6.07, 6.45) is 0. The molecule has 0 spiro atoms. The third-order valence-electron chi connectivity index (χ3n) is 4.66. The number of hydrogen-bond donors (Lipinski definition) is 2. The van der Waals surface area contributed by atoms with Crippen LogP contribution in [0.3, 0.4) is 0 Å². The van der Waals surface area contributed by atoms with Crippen molar-refractivity contribution >= 4 is 30.7 Å². The Hall–Kier alpha value is -1.79. The molecule has 0 aliphatic carbocycles. The van der Waals surface area contributed by atoms with Crippen molar-refractivity contribution in [2.45, 2.75) is 19.1 Å². The molecule has 148 valence electrons. The first-order valence-corrected chi connectivity index (χ1v) is 8.49. The molecule has 0 saturated carbocycles. The molecule has 27 heavy (non-hydrogen) atoms. The van der Waals surface area contributed by atoms with Gasteiger partial charge in [-0.25, -0.2) is 0 Å². The van der Waals surface area contributed by atoms with Crippen LogP contribution in [-0.2, 0) is 13.1 Å². The van der Waals surface area contributed by atoms with Crippen LogP contribution in [0.25, 0.3) is 0 Å². The van der Waals surface area contributed by atoms with E-state index in [2.05, 4.69) is 21.6 Å². The minimum absolute atomic E-state index is 0. The Morgan fingerprint density at radius 3 is 2.59 bits per heavy atom. The number of amides is 1. The first kappa shape index (κ1) is 23.2. The van der Waals surface area contributed by atoms with Gasteiger partial charge in [0.15, 0.2) is 0 Å². The van der Waals surface area contributed by atoms with E-state index in [9.17, 15) is 4.79 Å². The van der Waals surface area contributed by atoms with Crippen molar-refractivity contribution in [2.24, 2.45) is 0 Å². The van der Waals surface area contributed by atoms with Crippen LogP contribution in [0.1, 0.15) is 33.1 Å².